The van der Waals surface area contributed by atoms with Crippen molar-refractivity contribution in [3.63, 3.8) is 0 Å². The number of rotatable bonds is 3. The first-order chi connectivity index (χ1) is 12.9. The van der Waals surface area contributed by atoms with E-state index in [2.05, 4.69) is 15.3 Å². The van der Waals surface area contributed by atoms with Crippen LogP contribution in [-0.2, 0) is 4.79 Å². The number of amides is 1. The SMILES string of the molecule is CC(=O)Nc1ccc(/C=c2\[nH]c(=O)/c(=C/c3ccc(Cl)cc3)[nH]c2=O)cc1. The van der Waals surface area contributed by atoms with Crippen LogP contribution >= 0.6 is 11.6 Å². The van der Waals surface area contributed by atoms with Gasteiger partial charge in [-0.2, -0.15) is 0 Å². The molecule has 0 bridgehead atoms. The Morgan fingerprint density at radius 1 is 0.852 bits per heavy atom. The molecule has 0 atom stereocenters. The molecule has 136 valence electrons. The van der Waals surface area contributed by atoms with E-state index in [0.717, 1.165) is 5.56 Å². The lowest BCUT2D eigenvalue weighted by molar-refractivity contribution is -0.114. The lowest BCUT2D eigenvalue weighted by atomic mass is 10.2. The Labute approximate surface area is 158 Å². The number of carbonyl (C=O) groups excluding carboxylic acids is 1. The summed E-state index contributed by atoms with van der Waals surface area (Å²) in [4.78, 5) is 40.8. The van der Waals surface area contributed by atoms with Gasteiger partial charge in [-0.1, -0.05) is 35.9 Å². The van der Waals surface area contributed by atoms with Crippen molar-refractivity contribution >= 4 is 35.3 Å². The molecule has 0 aliphatic heterocycles. The predicted molar refractivity (Wildman–Crippen MR) is 106 cm³/mol. The van der Waals surface area contributed by atoms with E-state index in [1.807, 2.05) is 0 Å². The second kappa shape index (κ2) is 7.88. The van der Waals surface area contributed by atoms with Gasteiger partial charge in [0.05, 0.1) is 0 Å². The van der Waals surface area contributed by atoms with Crippen LogP contribution in [0.1, 0.15) is 18.1 Å². The Balaban J connectivity index is 1.98. The van der Waals surface area contributed by atoms with Crippen molar-refractivity contribution in [2.24, 2.45) is 0 Å². The fourth-order valence-corrected chi connectivity index (χ4v) is 2.58. The molecule has 27 heavy (non-hydrogen) atoms. The van der Waals surface area contributed by atoms with Crippen LogP contribution in [0.25, 0.3) is 12.2 Å². The number of benzene rings is 2. The first-order valence-corrected chi connectivity index (χ1v) is 8.48. The van der Waals surface area contributed by atoms with Gasteiger partial charge < -0.3 is 15.3 Å². The lowest BCUT2D eigenvalue weighted by Crippen LogP contribution is -2.46. The summed E-state index contributed by atoms with van der Waals surface area (Å²) < 4.78 is 0. The number of carbonyl (C=O) groups is 1. The third kappa shape index (κ3) is 4.83. The first kappa shape index (κ1) is 18.4. The Morgan fingerprint density at radius 2 is 1.30 bits per heavy atom. The molecule has 0 unspecified atom stereocenters. The smallest absolute Gasteiger partial charge is 0.272 e. The molecule has 0 saturated carbocycles. The Hall–Kier alpha value is -3.38. The van der Waals surface area contributed by atoms with E-state index in [1.54, 1.807) is 60.7 Å². The standard InChI is InChI=1S/C20H16ClN3O3/c1-12(25)22-16-8-4-14(5-9-16)11-18-20(27)23-17(19(26)24-18)10-13-2-6-15(21)7-3-13/h2-11H,1H3,(H,22,25)(H,23,27)(H,24,26)/b17-10-,18-11-. The van der Waals surface area contributed by atoms with Gasteiger partial charge in [0.25, 0.3) is 11.1 Å². The van der Waals surface area contributed by atoms with Gasteiger partial charge in [0, 0.05) is 17.6 Å². The molecule has 3 aromatic rings. The molecule has 6 nitrogen and oxygen atoms in total. The maximum atomic E-state index is 12.3. The number of aromatic nitrogens is 2. The van der Waals surface area contributed by atoms with Gasteiger partial charge >= 0.3 is 0 Å². The number of halogens is 1. The lowest BCUT2D eigenvalue weighted by Gasteiger charge is -2.01. The zero-order valence-corrected chi connectivity index (χ0v) is 15.1. The van der Waals surface area contributed by atoms with Crippen LogP contribution in [0, 0.1) is 0 Å². The van der Waals surface area contributed by atoms with E-state index >= 15 is 0 Å². The molecule has 0 aliphatic carbocycles. The van der Waals surface area contributed by atoms with Crippen molar-refractivity contribution in [2.75, 3.05) is 5.32 Å². The summed E-state index contributed by atoms with van der Waals surface area (Å²) in [6, 6.07) is 13.8. The number of H-pyrrole nitrogens is 2. The van der Waals surface area contributed by atoms with E-state index in [-0.39, 0.29) is 16.6 Å². The van der Waals surface area contributed by atoms with Gasteiger partial charge in [0.2, 0.25) is 5.91 Å². The molecule has 7 heteroatoms. The van der Waals surface area contributed by atoms with Crippen LogP contribution in [-0.4, -0.2) is 15.9 Å². The molecule has 3 rings (SSSR count). The van der Waals surface area contributed by atoms with Crippen molar-refractivity contribution in [1.29, 1.82) is 0 Å². The minimum atomic E-state index is -0.416. The van der Waals surface area contributed by atoms with Gasteiger partial charge in [0.15, 0.2) is 0 Å². The largest absolute Gasteiger partial charge is 0.326 e. The highest BCUT2D eigenvalue weighted by Gasteiger charge is 1.99. The number of nitrogens with one attached hydrogen (secondary N) is 3. The highest BCUT2D eigenvalue weighted by atomic mass is 35.5. The summed E-state index contributed by atoms with van der Waals surface area (Å²) in [6.07, 6.45) is 3.13. The minimum Gasteiger partial charge on any atom is -0.326 e. The first-order valence-electron chi connectivity index (χ1n) is 8.10. The zero-order valence-electron chi connectivity index (χ0n) is 14.4. The molecule has 0 fully saturated rings. The zero-order chi connectivity index (χ0) is 19.4. The van der Waals surface area contributed by atoms with Crippen LogP contribution < -0.4 is 27.1 Å². The second-order valence-electron chi connectivity index (χ2n) is 5.88. The van der Waals surface area contributed by atoms with Crippen molar-refractivity contribution in [1.82, 2.24) is 9.97 Å². The monoisotopic (exact) mass is 381 g/mol. The maximum absolute atomic E-state index is 12.3. The highest BCUT2D eigenvalue weighted by Crippen LogP contribution is 2.10. The number of hydrogen-bond donors (Lipinski definition) is 3. The molecule has 0 aliphatic rings. The Bertz CT molecular complexity index is 1210. The van der Waals surface area contributed by atoms with E-state index < -0.39 is 11.1 Å². The summed E-state index contributed by atoms with van der Waals surface area (Å²) in [5.41, 5.74) is 1.27. The number of aromatic amines is 2. The van der Waals surface area contributed by atoms with Crippen molar-refractivity contribution in [3.8, 4) is 0 Å². The van der Waals surface area contributed by atoms with Crippen LogP contribution in [0.2, 0.25) is 5.02 Å². The van der Waals surface area contributed by atoms with Crippen LogP contribution in [0.5, 0.6) is 0 Å². The van der Waals surface area contributed by atoms with E-state index in [9.17, 15) is 14.4 Å². The van der Waals surface area contributed by atoms with Crippen LogP contribution in [0.3, 0.4) is 0 Å². The number of anilines is 1. The fourth-order valence-electron chi connectivity index (χ4n) is 2.45. The maximum Gasteiger partial charge on any atom is 0.272 e. The van der Waals surface area contributed by atoms with Crippen molar-refractivity contribution < 1.29 is 4.79 Å². The fraction of sp³-hybridized carbons (Fsp3) is 0.0500. The van der Waals surface area contributed by atoms with Gasteiger partial charge in [-0.05, 0) is 47.5 Å². The second-order valence-corrected chi connectivity index (χ2v) is 6.32. The van der Waals surface area contributed by atoms with Gasteiger partial charge in [0.1, 0.15) is 10.7 Å². The minimum absolute atomic E-state index is 0.139. The average Bonchev–Trinajstić information content (AvgIpc) is 2.62. The molecule has 1 aromatic heterocycles. The molecule has 0 spiro atoms. The van der Waals surface area contributed by atoms with Gasteiger partial charge in [-0.3, -0.25) is 14.4 Å². The van der Waals surface area contributed by atoms with Crippen LogP contribution in [0.4, 0.5) is 5.69 Å². The average molecular weight is 382 g/mol. The summed E-state index contributed by atoms with van der Waals surface area (Å²) in [7, 11) is 0. The molecule has 0 radical (unpaired) electrons. The topological polar surface area (TPSA) is 94.8 Å². The predicted octanol–water partition coefficient (Wildman–Crippen LogP) is 1.33. The highest BCUT2D eigenvalue weighted by molar-refractivity contribution is 6.30. The van der Waals surface area contributed by atoms with E-state index in [0.29, 0.717) is 16.3 Å². The van der Waals surface area contributed by atoms with Gasteiger partial charge in [-0.15, -0.1) is 0 Å². The number of hydrogen-bond acceptors (Lipinski definition) is 3. The molecule has 3 N–H and O–H groups in total. The van der Waals surface area contributed by atoms with Crippen molar-refractivity contribution in [3.05, 3.63) is 96.1 Å². The molecule has 1 amide bonds. The molecule has 1 heterocycles. The van der Waals surface area contributed by atoms with E-state index in [4.69, 9.17) is 11.6 Å². The molecule has 0 saturated heterocycles. The third-order valence-electron chi connectivity index (χ3n) is 3.71. The molecule has 2 aromatic carbocycles. The summed E-state index contributed by atoms with van der Waals surface area (Å²) in [6.45, 7) is 1.42. The van der Waals surface area contributed by atoms with Crippen LogP contribution in [0.15, 0.2) is 58.1 Å². The van der Waals surface area contributed by atoms with Crippen molar-refractivity contribution in [2.45, 2.75) is 6.92 Å². The Morgan fingerprint density at radius 3 is 1.74 bits per heavy atom. The normalized spacial score (nSPS) is 12.2. The summed E-state index contributed by atoms with van der Waals surface area (Å²) >= 11 is 5.84. The van der Waals surface area contributed by atoms with E-state index in [1.165, 1.54) is 6.92 Å². The quantitative estimate of drug-likeness (QED) is 0.638. The van der Waals surface area contributed by atoms with Gasteiger partial charge in [-0.25, -0.2) is 0 Å². The summed E-state index contributed by atoms with van der Waals surface area (Å²) in [5, 5.41) is 3.54. The molecular weight excluding hydrogens is 366 g/mol. The summed E-state index contributed by atoms with van der Waals surface area (Å²) in [5.74, 6) is -0.167. The molecular formula is C20H16ClN3O3. The third-order valence-corrected chi connectivity index (χ3v) is 3.96. The Kier molecular flexibility index (Phi) is 5.38.